The average molecular weight is 551 g/mol. The van der Waals surface area contributed by atoms with Gasteiger partial charge in [-0.15, -0.1) is 0 Å². The third-order valence-electron chi connectivity index (χ3n) is 7.72. The van der Waals surface area contributed by atoms with Crippen molar-refractivity contribution in [1.82, 2.24) is 9.80 Å². The number of hydrogen-bond acceptors (Lipinski definition) is 7. The highest BCUT2D eigenvalue weighted by Gasteiger charge is 2.46. The minimum absolute atomic E-state index is 0.0480. The van der Waals surface area contributed by atoms with Crippen molar-refractivity contribution in [3.05, 3.63) is 58.7 Å². The number of carbonyl (C=O) groups excluding carboxylic acids is 2. The van der Waals surface area contributed by atoms with E-state index in [0.29, 0.717) is 54.7 Å². The Balaban J connectivity index is 1.77. The third-order valence-corrected chi connectivity index (χ3v) is 7.72. The lowest BCUT2D eigenvalue weighted by Crippen LogP contribution is -2.38. The van der Waals surface area contributed by atoms with E-state index in [1.165, 1.54) is 0 Å². The van der Waals surface area contributed by atoms with Crippen LogP contribution in [0, 0.1) is 5.92 Å². The van der Waals surface area contributed by atoms with Gasteiger partial charge in [-0.2, -0.15) is 0 Å². The lowest BCUT2D eigenvalue weighted by Gasteiger charge is -2.28. The monoisotopic (exact) mass is 550 g/mol. The lowest BCUT2D eigenvalue weighted by molar-refractivity contribution is -0.140. The van der Waals surface area contributed by atoms with E-state index >= 15 is 0 Å². The molecule has 0 saturated carbocycles. The van der Waals surface area contributed by atoms with Crippen molar-refractivity contribution in [2.24, 2.45) is 5.92 Å². The van der Waals surface area contributed by atoms with Crippen molar-refractivity contribution in [2.45, 2.75) is 59.6 Å². The maximum absolute atomic E-state index is 13.5. The van der Waals surface area contributed by atoms with Gasteiger partial charge in [0.1, 0.15) is 17.6 Å². The number of likely N-dealkylation sites (N-methyl/N-ethyl adjacent to an activating group) is 1. The second-order valence-corrected chi connectivity index (χ2v) is 10.9. The van der Waals surface area contributed by atoms with Crippen molar-refractivity contribution < 1.29 is 28.9 Å². The molecule has 1 amide bonds. The maximum Gasteiger partial charge on any atom is 0.295 e. The highest BCUT2D eigenvalue weighted by atomic mass is 16.5. The van der Waals surface area contributed by atoms with Gasteiger partial charge in [-0.1, -0.05) is 33.8 Å². The normalized spacial score (nSPS) is 19.9. The fourth-order valence-corrected chi connectivity index (χ4v) is 5.35. The first-order chi connectivity index (χ1) is 19.2. The fourth-order valence-electron chi connectivity index (χ4n) is 5.35. The fraction of sp³-hybridized carbons (Fsp3) is 0.500. The number of ether oxygens (including phenoxy) is 3. The molecule has 0 unspecified atom stereocenters. The van der Waals surface area contributed by atoms with Gasteiger partial charge in [-0.3, -0.25) is 9.59 Å². The van der Waals surface area contributed by atoms with Crippen molar-refractivity contribution in [1.29, 1.82) is 0 Å². The van der Waals surface area contributed by atoms with E-state index in [4.69, 9.17) is 14.2 Å². The van der Waals surface area contributed by atoms with Gasteiger partial charge >= 0.3 is 0 Å². The number of rotatable bonds is 12. The third kappa shape index (κ3) is 6.12. The molecule has 0 bridgehead atoms. The number of hydrogen-bond donors (Lipinski definition) is 1. The summed E-state index contributed by atoms with van der Waals surface area (Å²) in [5.41, 5.74) is 2.20. The summed E-state index contributed by atoms with van der Waals surface area (Å²) in [5, 5.41) is 11.5. The van der Waals surface area contributed by atoms with E-state index in [9.17, 15) is 14.7 Å². The maximum atomic E-state index is 13.5. The molecule has 0 aliphatic carbocycles. The summed E-state index contributed by atoms with van der Waals surface area (Å²) in [6.45, 7) is 13.6. The molecule has 0 radical (unpaired) electrons. The number of Topliss-reactive ketones (excluding diaryl/α,β-unsaturated/α-hetero) is 1. The summed E-state index contributed by atoms with van der Waals surface area (Å²) in [7, 11) is 1.57. The molecular weight excluding hydrogens is 508 g/mol. The highest BCUT2D eigenvalue weighted by Crippen LogP contribution is 2.42. The number of amides is 1. The zero-order valence-corrected chi connectivity index (χ0v) is 24.5. The zero-order valence-electron chi connectivity index (χ0n) is 24.5. The second-order valence-electron chi connectivity index (χ2n) is 10.9. The number of fused-ring (bicyclic) bond motifs is 1. The molecule has 0 spiro atoms. The van der Waals surface area contributed by atoms with Crippen LogP contribution in [0.5, 0.6) is 17.2 Å². The highest BCUT2D eigenvalue weighted by molar-refractivity contribution is 6.46. The van der Waals surface area contributed by atoms with E-state index in [1.54, 1.807) is 24.1 Å². The Hall–Kier alpha value is -3.52. The standard InChI is InChI=1S/C32H42N2O6/c1-7-33(8-2)14-15-34-29(22-9-12-26(27(19-22)38-6)39-16-13-20(3)4)28(31(36)32(34)37)30(35)23-10-11-25-24(18-23)17-21(5)40-25/h9-12,18-21,29,35H,7-8,13-17H2,1-6H3/t21-,29-/m0/s1. The van der Waals surface area contributed by atoms with Crippen LogP contribution < -0.4 is 14.2 Å². The minimum atomic E-state index is -0.766. The average Bonchev–Trinajstić information content (AvgIpc) is 3.44. The first kappa shape index (κ1) is 29.5. The van der Waals surface area contributed by atoms with Crippen molar-refractivity contribution >= 4 is 17.4 Å². The van der Waals surface area contributed by atoms with Gasteiger partial charge in [-0.05, 0) is 73.8 Å². The van der Waals surface area contributed by atoms with E-state index < -0.39 is 17.7 Å². The predicted molar refractivity (Wildman–Crippen MR) is 155 cm³/mol. The molecule has 0 aromatic heterocycles. The van der Waals surface area contributed by atoms with Gasteiger partial charge in [0, 0.05) is 25.1 Å². The molecule has 40 heavy (non-hydrogen) atoms. The van der Waals surface area contributed by atoms with E-state index in [-0.39, 0.29) is 17.4 Å². The van der Waals surface area contributed by atoms with Gasteiger partial charge < -0.3 is 29.1 Å². The van der Waals surface area contributed by atoms with E-state index in [0.717, 1.165) is 30.8 Å². The summed E-state index contributed by atoms with van der Waals surface area (Å²) in [6, 6.07) is 10.1. The van der Waals surface area contributed by atoms with Gasteiger partial charge in [0.25, 0.3) is 11.7 Å². The molecule has 8 nitrogen and oxygen atoms in total. The Labute approximate surface area is 237 Å². The molecule has 1 saturated heterocycles. The first-order valence-corrected chi connectivity index (χ1v) is 14.3. The van der Waals surface area contributed by atoms with Crippen LogP contribution in [-0.2, 0) is 16.0 Å². The Kier molecular flexibility index (Phi) is 9.40. The lowest BCUT2D eigenvalue weighted by atomic mass is 9.94. The van der Waals surface area contributed by atoms with Crippen LogP contribution >= 0.6 is 0 Å². The molecule has 8 heteroatoms. The Morgan fingerprint density at radius 2 is 1.88 bits per heavy atom. The van der Waals surface area contributed by atoms with Crippen molar-refractivity contribution in [3.8, 4) is 17.2 Å². The van der Waals surface area contributed by atoms with E-state index in [1.807, 2.05) is 31.2 Å². The first-order valence-electron chi connectivity index (χ1n) is 14.3. The van der Waals surface area contributed by atoms with Crippen LogP contribution in [0.2, 0.25) is 0 Å². The number of aliphatic hydroxyl groups is 1. The van der Waals surface area contributed by atoms with Crippen LogP contribution in [0.3, 0.4) is 0 Å². The molecule has 2 aromatic rings. The van der Waals surface area contributed by atoms with Crippen molar-refractivity contribution in [2.75, 3.05) is 39.9 Å². The molecule has 1 fully saturated rings. The topological polar surface area (TPSA) is 88.5 Å². The molecule has 2 aliphatic heterocycles. The quantitative estimate of drug-likeness (QED) is 0.221. The number of benzene rings is 2. The van der Waals surface area contributed by atoms with E-state index in [2.05, 4.69) is 32.6 Å². The van der Waals surface area contributed by atoms with Crippen LogP contribution in [-0.4, -0.2) is 72.6 Å². The largest absolute Gasteiger partial charge is 0.507 e. The Morgan fingerprint density at radius 3 is 2.55 bits per heavy atom. The number of nitrogens with zero attached hydrogens (tertiary/aromatic N) is 2. The summed E-state index contributed by atoms with van der Waals surface area (Å²) < 4.78 is 17.4. The predicted octanol–water partition coefficient (Wildman–Crippen LogP) is 5.21. The second kappa shape index (κ2) is 12.8. The number of methoxy groups -OCH3 is 1. The molecule has 2 aromatic carbocycles. The van der Waals surface area contributed by atoms with Crippen LogP contribution in [0.4, 0.5) is 0 Å². The number of ketones is 1. The van der Waals surface area contributed by atoms with Crippen LogP contribution in [0.15, 0.2) is 42.0 Å². The zero-order chi connectivity index (χ0) is 29.0. The Morgan fingerprint density at radius 1 is 1.12 bits per heavy atom. The van der Waals surface area contributed by atoms with Gasteiger partial charge in [0.15, 0.2) is 11.5 Å². The smallest absolute Gasteiger partial charge is 0.295 e. The Bertz CT molecular complexity index is 1270. The summed E-state index contributed by atoms with van der Waals surface area (Å²) in [6.07, 6.45) is 1.67. The number of aliphatic hydroxyl groups excluding tert-OH is 1. The van der Waals surface area contributed by atoms with Crippen LogP contribution in [0.1, 0.15) is 63.8 Å². The molecular formula is C32H42N2O6. The van der Waals surface area contributed by atoms with Gasteiger partial charge in [0.05, 0.1) is 25.3 Å². The molecule has 2 aliphatic rings. The summed E-state index contributed by atoms with van der Waals surface area (Å²) in [5.74, 6) is 0.894. The molecule has 4 rings (SSSR count). The SMILES string of the molecule is CCN(CC)CCN1C(=O)C(=O)C(=C(O)c2ccc3c(c2)C[C@H](C)O3)[C@@H]1c1ccc(OCCC(C)C)c(OC)c1. The number of likely N-dealkylation sites (tertiary alicyclic amines) is 1. The van der Waals surface area contributed by atoms with Gasteiger partial charge in [0.2, 0.25) is 0 Å². The number of carbonyl (C=O) groups is 2. The van der Waals surface area contributed by atoms with Gasteiger partial charge in [-0.25, -0.2) is 0 Å². The minimum Gasteiger partial charge on any atom is -0.507 e. The molecule has 2 atom stereocenters. The summed E-state index contributed by atoms with van der Waals surface area (Å²) >= 11 is 0. The molecule has 2 heterocycles. The molecule has 1 N–H and O–H groups in total. The summed E-state index contributed by atoms with van der Waals surface area (Å²) in [4.78, 5) is 30.7. The van der Waals surface area contributed by atoms with Crippen LogP contribution in [0.25, 0.3) is 5.76 Å². The van der Waals surface area contributed by atoms with Crippen molar-refractivity contribution in [3.63, 3.8) is 0 Å². The molecule has 216 valence electrons.